The van der Waals surface area contributed by atoms with Crippen molar-refractivity contribution in [1.82, 2.24) is 20.4 Å². The molecule has 2 N–H and O–H groups in total. The zero-order valence-corrected chi connectivity index (χ0v) is 13.4. The Bertz CT molecular complexity index is 567. The Morgan fingerprint density at radius 3 is 3.23 bits per heavy atom. The SMILES string of the molecule is O=C(CN1CCC[C@H](c2ccn[nH]2)C1)NCCc1ccsc1. The van der Waals surface area contributed by atoms with E-state index in [1.807, 2.05) is 6.07 Å². The van der Waals surface area contributed by atoms with Gasteiger partial charge in [0.25, 0.3) is 0 Å². The quantitative estimate of drug-likeness (QED) is 0.856. The van der Waals surface area contributed by atoms with E-state index in [1.165, 1.54) is 17.7 Å². The van der Waals surface area contributed by atoms with Gasteiger partial charge in [-0.1, -0.05) is 0 Å². The molecule has 3 heterocycles. The van der Waals surface area contributed by atoms with Crippen molar-refractivity contribution in [3.63, 3.8) is 0 Å². The number of hydrogen-bond acceptors (Lipinski definition) is 4. The molecule has 1 aliphatic rings. The van der Waals surface area contributed by atoms with E-state index >= 15 is 0 Å². The van der Waals surface area contributed by atoms with Crippen LogP contribution in [-0.4, -0.2) is 47.2 Å². The highest BCUT2D eigenvalue weighted by Gasteiger charge is 2.23. The Kier molecular flexibility index (Phi) is 5.24. The molecule has 0 aromatic carbocycles. The second kappa shape index (κ2) is 7.56. The topological polar surface area (TPSA) is 61.0 Å². The molecule has 6 heteroatoms. The standard InChI is InChI=1S/C16H22N4OS/c21-16(17-6-3-13-5-9-22-12-13)11-20-8-1-2-14(10-20)15-4-7-18-19-15/h4-5,7,9,12,14H,1-3,6,8,10-11H2,(H,17,21)(H,18,19)/t14-/m0/s1. The van der Waals surface area contributed by atoms with E-state index in [0.29, 0.717) is 19.0 Å². The Hall–Kier alpha value is -1.66. The number of hydrogen-bond donors (Lipinski definition) is 2. The number of rotatable bonds is 6. The van der Waals surface area contributed by atoms with E-state index in [4.69, 9.17) is 0 Å². The third kappa shape index (κ3) is 4.18. The molecule has 0 radical (unpaired) electrons. The molecule has 0 spiro atoms. The van der Waals surface area contributed by atoms with Crippen molar-refractivity contribution in [2.45, 2.75) is 25.2 Å². The molecule has 0 aliphatic carbocycles. The summed E-state index contributed by atoms with van der Waals surface area (Å²) in [7, 11) is 0. The van der Waals surface area contributed by atoms with Gasteiger partial charge in [0.05, 0.1) is 6.54 Å². The average Bonchev–Trinajstić information content (AvgIpc) is 3.21. The number of nitrogens with zero attached hydrogens (tertiary/aromatic N) is 2. The summed E-state index contributed by atoms with van der Waals surface area (Å²) >= 11 is 1.70. The second-order valence-corrected chi connectivity index (χ2v) is 6.60. The molecule has 2 aromatic heterocycles. The molecule has 5 nitrogen and oxygen atoms in total. The van der Waals surface area contributed by atoms with Crippen LogP contribution in [0, 0.1) is 0 Å². The van der Waals surface area contributed by atoms with Crippen molar-refractivity contribution in [1.29, 1.82) is 0 Å². The van der Waals surface area contributed by atoms with Gasteiger partial charge in [0.1, 0.15) is 0 Å². The lowest BCUT2D eigenvalue weighted by Gasteiger charge is -2.31. The lowest BCUT2D eigenvalue weighted by molar-refractivity contribution is -0.122. The number of aromatic amines is 1. The molecule has 1 amide bonds. The number of aromatic nitrogens is 2. The number of carbonyl (C=O) groups excluding carboxylic acids is 1. The molecule has 1 aliphatic heterocycles. The van der Waals surface area contributed by atoms with Crippen molar-refractivity contribution in [2.24, 2.45) is 0 Å². The molecular weight excluding hydrogens is 296 g/mol. The molecular formula is C16H22N4OS. The fraction of sp³-hybridized carbons (Fsp3) is 0.500. The first-order valence-corrected chi connectivity index (χ1v) is 8.75. The van der Waals surface area contributed by atoms with Crippen LogP contribution in [0.1, 0.15) is 30.0 Å². The first-order valence-electron chi connectivity index (χ1n) is 7.80. The Morgan fingerprint density at radius 1 is 1.50 bits per heavy atom. The Morgan fingerprint density at radius 2 is 2.45 bits per heavy atom. The summed E-state index contributed by atoms with van der Waals surface area (Å²) < 4.78 is 0. The van der Waals surface area contributed by atoms with Gasteiger partial charge in [-0.05, 0) is 54.3 Å². The molecule has 2 aromatic rings. The van der Waals surface area contributed by atoms with Gasteiger partial charge in [-0.25, -0.2) is 0 Å². The van der Waals surface area contributed by atoms with Gasteiger partial charge in [0.2, 0.25) is 5.91 Å². The third-order valence-electron chi connectivity index (χ3n) is 4.15. The molecule has 0 bridgehead atoms. The van der Waals surface area contributed by atoms with Gasteiger partial charge in [-0.15, -0.1) is 0 Å². The van der Waals surface area contributed by atoms with Gasteiger partial charge in [-0.2, -0.15) is 16.4 Å². The van der Waals surface area contributed by atoms with Crippen LogP contribution < -0.4 is 5.32 Å². The van der Waals surface area contributed by atoms with Crippen LogP contribution in [0.2, 0.25) is 0 Å². The van der Waals surface area contributed by atoms with E-state index in [0.717, 1.165) is 25.9 Å². The number of carbonyl (C=O) groups is 1. The van der Waals surface area contributed by atoms with E-state index in [9.17, 15) is 4.79 Å². The van der Waals surface area contributed by atoms with Crippen molar-refractivity contribution in [2.75, 3.05) is 26.2 Å². The highest BCUT2D eigenvalue weighted by Crippen LogP contribution is 2.24. The van der Waals surface area contributed by atoms with Crippen LogP contribution in [0.3, 0.4) is 0 Å². The predicted octanol–water partition coefficient (Wildman–Crippen LogP) is 2.01. The molecule has 0 unspecified atom stereocenters. The van der Waals surface area contributed by atoms with Crippen molar-refractivity contribution in [3.05, 3.63) is 40.3 Å². The first kappa shape index (κ1) is 15.2. The van der Waals surface area contributed by atoms with E-state index < -0.39 is 0 Å². The highest BCUT2D eigenvalue weighted by molar-refractivity contribution is 7.07. The summed E-state index contributed by atoms with van der Waals surface area (Å²) in [6.07, 6.45) is 5.00. The van der Waals surface area contributed by atoms with Crippen LogP contribution in [-0.2, 0) is 11.2 Å². The monoisotopic (exact) mass is 318 g/mol. The molecule has 22 heavy (non-hydrogen) atoms. The normalized spacial score (nSPS) is 19.2. The minimum absolute atomic E-state index is 0.125. The predicted molar refractivity (Wildman–Crippen MR) is 88.0 cm³/mol. The number of thiophene rings is 1. The zero-order valence-electron chi connectivity index (χ0n) is 12.6. The summed E-state index contributed by atoms with van der Waals surface area (Å²) in [5.74, 6) is 0.593. The van der Waals surface area contributed by atoms with Gasteiger partial charge in [0.15, 0.2) is 0 Å². The largest absolute Gasteiger partial charge is 0.355 e. The van der Waals surface area contributed by atoms with E-state index in [-0.39, 0.29) is 5.91 Å². The summed E-state index contributed by atoms with van der Waals surface area (Å²) in [6, 6.07) is 4.14. The van der Waals surface area contributed by atoms with E-state index in [1.54, 1.807) is 17.5 Å². The fourth-order valence-electron chi connectivity index (χ4n) is 2.99. The van der Waals surface area contributed by atoms with Crippen LogP contribution in [0.15, 0.2) is 29.1 Å². The third-order valence-corrected chi connectivity index (χ3v) is 4.88. The van der Waals surface area contributed by atoms with Crippen LogP contribution in [0.4, 0.5) is 0 Å². The minimum atomic E-state index is 0.125. The minimum Gasteiger partial charge on any atom is -0.355 e. The number of nitrogens with one attached hydrogen (secondary N) is 2. The van der Waals surface area contributed by atoms with Crippen molar-refractivity contribution in [3.8, 4) is 0 Å². The molecule has 1 saturated heterocycles. The zero-order chi connectivity index (χ0) is 15.2. The summed E-state index contributed by atoms with van der Waals surface area (Å²) in [5.41, 5.74) is 2.48. The summed E-state index contributed by atoms with van der Waals surface area (Å²) in [4.78, 5) is 14.3. The van der Waals surface area contributed by atoms with Crippen LogP contribution >= 0.6 is 11.3 Å². The maximum absolute atomic E-state index is 12.1. The molecule has 118 valence electrons. The van der Waals surface area contributed by atoms with Gasteiger partial charge >= 0.3 is 0 Å². The summed E-state index contributed by atoms with van der Waals surface area (Å²) in [5, 5.41) is 14.3. The molecule has 3 rings (SSSR count). The smallest absolute Gasteiger partial charge is 0.234 e. The molecule has 1 atom stereocenters. The lowest BCUT2D eigenvalue weighted by Crippen LogP contribution is -2.42. The lowest BCUT2D eigenvalue weighted by atomic mass is 9.95. The fourth-order valence-corrected chi connectivity index (χ4v) is 3.69. The van der Waals surface area contributed by atoms with Gasteiger partial charge < -0.3 is 5.32 Å². The maximum Gasteiger partial charge on any atom is 0.234 e. The number of likely N-dealkylation sites (tertiary alicyclic amines) is 1. The molecule has 0 saturated carbocycles. The number of H-pyrrole nitrogens is 1. The van der Waals surface area contributed by atoms with Crippen LogP contribution in [0.25, 0.3) is 0 Å². The van der Waals surface area contributed by atoms with Crippen LogP contribution in [0.5, 0.6) is 0 Å². The van der Waals surface area contributed by atoms with Gasteiger partial charge in [0, 0.05) is 30.9 Å². The maximum atomic E-state index is 12.1. The van der Waals surface area contributed by atoms with Crippen molar-refractivity contribution < 1.29 is 4.79 Å². The second-order valence-electron chi connectivity index (χ2n) is 5.82. The number of amides is 1. The highest BCUT2D eigenvalue weighted by atomic mass is 32.1. The van der Waals surface area contributed by atoms with Crippen molar-refractivity contribution >= 4 is 17.2 Å². The van der Waals surface area contributed by atoms with E-state index in [2.05, 4.69) is 37.2 Å². The molecule has 1 fully saturated rings. The summed E-state index contributed by atoms with van der Waals surface area (Å²) in [6.45, 7) is 3.14. The number of piperidine rings is 1. The Labute approximate surface area is 134 Å². The average molecular weight is 318 g/mol. The first-order chi connectivity index (χ1) is 10.8. The Balaban J connectivity index is 1.41. The van der Waals surface area contributed by atoms with Gasteiger partial charge in [-0.3, -0.25) is 14.8 Å².